The number of anilines is 1. The van der Waals surface area contributed by atoms with Crippen LogP contribution in [0.2, 0.25) is 0 Å². The fourth-order valence-electron chi connectivity index (χ4n) is 1.87. The lowest BCUT2D eigenvalue weighted by Gasteiger charge is -2.24. The van der Waals surface area contributed by atoms with Gasteiger partial charge in [0.1, 0.15) is 11.3 Å². The maximum Gasteiger partial charge on any atom is 0.205 e. The third-order valence-corrected chi connectivity index (χ3v) is 2.72. The highest BCUT2D eigenvalue weighted by molar-refractivity contribution is 5.48. The molecule has 0 saturated heterocycles. The van der Waals surface area contributed by atoms with Crippen molar-refractivity contribution in [2.75, 3.05) is 10.7 Å². The van der Waals surface area contributed by atoms with Crippen LogP contribution in [0.25, 0.3) is 0 Å². The van der Waals surface area contributed by atoms with Gasteiger partial charge in [-0.05, 0) is 18.2 Å². The molecule has 6 heteroatoms. The molecule has 1 unspecified atom stereocenters. The van der Waals surface area contributed by atoms with Crippen LogP contribution in [0, 0.1) is 5.41 Å². The second-order valence-electron chi connectivity index (χ2n) is 3.92. The summed E-state index contributed by atoms with van der Waals surface area (Å²) in [6.45, 7) is 0. The summed E-state index contributed by atoms with van der Waals surface area (Å²) in [5.74, 6) is -0.179. The molecule has 3 heterocycles. The van der Waals surface area contributed by atoms with Gasteiger partial charge in [-0.3, -0.25) is 21.6 Å². The van der Waals surface area contributed by atoms with Gasteiger partial charge in [0.25, 0.3) is 0 Å². The van der Waals surface area contributed by atoms with Gasteiger partial charge in [-0.2, -0.15) is 0 Å². The van der Waals surface area contributed by atoms with Gasteiger partial charge >= 0.3 is 0 Å². The van der Waals surface area contributed by atoms with Gasteiger partial charge in [-0.25, -0.2) is 4.68 Å². The van der Waals surface area contributed by atoms with Crippen molar-refractivity contribution < 1.29 is 0 Å². The molecular formula is C11H12N6. The van der Waals surface area contributed by atoms with E-state index in [1.807, 2.05) is 18.2 Å². The van der Waals surface area contributed by atoms with Crippen LogP contribution in [0.1, 0.15) is 5.56 Å². The van der Waals surface area contributed by atoms with Crippen molar-refractivity contribution in [3.05, 3.63) is 53.8 Å². The Kier molecular flexibility index (Phi) is 1.93. The van der Waals surface area contributed by atoms with Crippen molar-refractivity contribution in [1.82, 2.24) is 9.66 Å². The van der Waals surface area contributed by atoms with Gasteiger partial charge in [-0.1, -0.05) is 12.1 Å². The maximum absolute atomic E-state index is 7.78. The van der Waals surface area contributed by atoms with Gasteiger partial charge in [0, 0.05) is 18.0 Å². The molecule has 5 N–H and O–H groups in total. The fraction of sp³-hybridized carbons (Fsp3) is 0.0909. The number of pyridine rings is 2. The molecule has 2 aromatic rings. The number of hydrogen-bond donors (Lipinski definition) is 4. The highest BCUT2D eigenvalue weighted by atomic mass is 15.6. The third-order valence-electron chi connectivity index (χ3n) is 2.72. The number of hydrogen-bond acceptors (Lipinski definition) is 5. The number of aromatic nitrogens is 2. The fourth-order valence-corrected chi connectivity index (χ4v) is 1.87. The summed E-state index contributed by atoms with van der Waals surface area (Å²) in [5.41, 5.74) is 10.4. The van der Waals surface area contributed by atoms with E-state index in [1.165, 1.54) is 0 Å². The summed E-state index contributed by atoms with van der Waals surface area (Å²) >= 11 is 0. The topological polar surface area (TPSA) is 91.8 Å². The van der Waals surface area contributed by atoms with Crippen LogP contribution in [0.3, 0.4) is 0 Å². The summed E-state index contributed by atoms with van der Waals surface area (Å²) in [6, 6.07) is 9.05. The molecule has 17 heavy (non-hydrogen) atoms. The lowest BCUT2D eigenvalue weighted by atomic mass is 10.1. The third kappa shape index (κ3) is 1.46. The highest BCUT2D eigenvalue weighted by Crippen LogP contribution is 2.23. The molecule has 0 radical (unpaired) electrons. The van der Waals surface area contributed by atoms with E-state index in [0.29, 0.717) is 5.49 Å². The summed E-state index contributed by atoms with van der Waals surface area (Å²) in [6.07, 6.45) is 3.38. The molecule has 0 bridgehead atoms. The Morgan fingerprint density at radius 3 is 2.88 bits per heavy atom. The zero-order valence-corrected chi connectivity index (χ0v) is 9.01. The molecule has 6 nitrogen and oxygen atoms in total. The van der Waals surface area contributed by atoms with Crippen LogP contribution < -0.4 is 22.0 Å². The molecular weight excluding hydrogens is 216 g/mol. The molecule has 3 rings (SSSR count). The Hall–Kier alpha value is -2.34. The Morgan fingerprint density at radius 2 is 2.18 bits per heavy atom. The van der Waals surface area contributed by atoms with E-state index in [0.717, 1.165) is 11.4 Å². The summed E-state index contributed by atoms with van der Waals surface area (Å²) in [4.78, 5) is 4.04. The maximum atomic E-state index is 7.78. The average Bonchev–Trinajstić information content (AvgIpc) is 2.70. The SMILES string of the molecule is N=c1cccc2n1NC(N)(c1cccnc1)N2. The largest absolute Gasteiger partial charge is 0.330 e. The first kappa shape index (κ1) is 9.86. The van der Waals surface area contributed by atoms with Crippen LogP contribution in [-0.2, 0) is 5.79 Å². The van der Waals surface area contributed by atoms with Crippen molar-refractivity contribution in [2.45, 2.75) is 5.79 Å². The summed E-state index contributed by atoms with van der Waals surface area (Å²) in [7, 11) is 0. The van der Waals surface area contributed by atoms with Crippen LogP contribution in [0.15, 0.2) is 42.7 Å². The Labute approximate surface area is 97.6 Å². The van der Waals surface area contributed by atoms with Crippen LogP contribution >= 0.6 is 0 Å². The summed E-state index contributed by atoms with van der Waals surface area (Å²) < 4.78 is 1.60. The van der Waals surface area contributed by atoms with E-state index in [1.54, 1.807) is 29.2 Å². The number of fused-ring (bicyclic) bond motifs is 1. The molecule has 1 aliphatic heterocycles. The Bertz CT molecular complexity index is 605. The van der Waals surface area contributed by atoms with Crippen molar-refractivity contribution in [2.24, 2.45) is 5.73 Å². The van der Waals surface area contributed by atoms with E-state index in [-0.39, 0.29) is 0 Å². The molecule has 0 aliphatic carbocycles. The predicted molar refractivity (Wildman–Crippen MR) is 63.4 cm³/mol. The first-order valence-corrected chi connectivity index (χ1v) is 5.21. The van der Waals surface area contributed by atoms with Crippen molar-refractivity contribution in [3.8, 4) is 0 Å². The quantitative estimate of drug-likeness (QED) is 0.557. The Balaban J connectivity index is 2.06. The van der Waals surface area contributed by atoms with Crippen molar-refractivity contribution in [3.63, 3.8) is 0 Å². The number of nitrogens with zero attached hydrogens (tertiary/aromatic N) is 2. The minimum Gasteiger partial charge on any atom is -0.330 e. The number of nitrogens with two attached hydrogens (primary N) is 1. The van der Waals surface area contributed by atoms with E-state index < -0.39 is 5.79 Å². The van der Waals surface area contributed by atoms with E-state index in [4.69, 9.17) is 11.1 Å². The van der Waals surface area contributed by atoms with E-state index in [9.17, 15) is 0 Å². The number of nitrogens with one attached hydrogen (secondary N) is 3. The lowest BCUT2D eigenvalue weighted by molar-refractivity contribution is 0.561. The highest BCUT2D eigenvalue weighted by Gasteiger charge is 2.34. The second-order valence-corrected chi connectivity index (χ2v) is 3.92. The van der Waals surface area contributed by atoms with Crippen molar-refractivity contribution >= 4 is 5.82 Å². The molecule has 0 fully saturated rings. The van der Waals surface area contributed by atoms with Gasteiger partial charge in [0.15, 0.2) is 0 Å². The Morgan fingerprint density at radius 1 is 1.29 bits per heavy atom. The zero-order chi connectivity index (χ0) is 11.9. The molecule has 2 aromatic heterocycles. The molecule has 1 atom stereocenters. The zero-order valence-electron chi connectivity index (χ0n) is 9.01. The first-order chi connectivity index (χ1) is 8.19. The van der Waals surface area contributed by atoms with E-state index in [2.05, 4.69) is 15.7 Å². The van der Waals surface area contributed by atoms with Crippen LogP contribution in [0.5, 0.6) is 0 Å². The lowest BCUT2D eigenvalue weighted by Crippen LogP contribution is -2.50. The number of rotatable bonds is 1. The van der Waals surface area contributed by atoms with Gasteiger partial charge in [-0.15, -0.1) is 0 Å². The standard InChI is InChI=1S/C11H12N6/c12-9-4-1-5-10-15-11(13,16-17(9)10)8-3-2-6-14-7-8/h1-7,12,15-16H,13H2. The van der Waals surface area contributed by atoms with Crippen LogP contribution in [0.4, 0.5) is 5.82 Å². The molecule has 0 aromatic carbocycles. The average molecular weight is 228 g/mol. The minimum atomic E-state index is -0.932. The summed E-state index contributed by atoms with van der Waals surface area (Å²) in [5, 5.41) is 10.9. The molecule has 0 saturated carbocycles. The molecule has 0 spiro atoms. The molecule has 1 aliphatic rings. The van der Waals surface area contributed by atoms with E-state index >= 15 is 0 Å². The van der Waals surface area contributed by atoms with Gasteiger partial charge in [0.05, 0.1) is 0 Å². The van der Waals surface area contributed by atoms with Gasteiger partial charge in [0.2, 0.25) is 5.79 Å². The molecule has 0 amide bonds. The second kappa shape index (κ2) is 3.33. The van der Waals surface area contributed by atoms with Crippen molar-refractivity contribution in [1.29, 1.82) is 5.41 Å². The van der Waals surface area contributed by atoms with Crippen LogP contribution in [-0.4, -0.2) is 9.66 Å². The predicted octanol–water partition coefficient (Wildman–Crippen LogP) is 0.101. The van der Waals surface area contributed by atoms with Gasteiger partial charge < -0.3 is 5.32 Å². The normalized spacial score (nSPS) is 21.5. The monoisotopic (exact) mass is 228 g/mol. The minimum absolute atomic E-state index is 0.339. The molecule has 86 valence electrons. The smallest absolute Gasteiger partial charge is 0.205 e. The first-order valence-electron chi connectivity index (χ1n) is 5.21.